The van der Waals surface area contributed by atoms with Crippen LogP contribution in [0.3, 0.4) is 0 Å². The maximum absolute atomic E-state index is 13.0. The van der Waals surface area contributed by atoms with Gasteiger partial charge in [-0.1, -0.05) is 0 Å². The van der Waals surface area contributed by atoms with Crippen molar-refractivity contribution in [2.24, 2.45) is 0 Å². The number of rotatable bonds is 2. The molecule has 1 saturated carbocycles. The first kappa shape index (κ1) is 9.12. The van der Waals surface area contributed by atoms with Crippen LogP contribution in [0.15, 0.2) is 18.5 Å². The molecule has 4 heteroatoms. The van der Waals surface area contributed by atoms with E-state index in [-0.39, 0.29) is 11.7 Å². The van der Waals surface area contributed by atoms with Gasteiger partial charge in [0.2, 0.25) is 0 Å². The predicted octanol–water partition coefficient (Wildman–Crippen LogP) is 1.93. The predicted molar refractivity (Wildman–Crippen MR) is 47.2 cm³/mol. The number of carbonyl (C=O) groups excluding carboxylic acids is 1. The van der Waals surface area contributed by atoms with E-state index in [1.165, 1.54) is 12.3 Å². The quantitative estimate of drug-likeness (QED) is 0.677. The van der Waals surface area contributed by atoms with Crippen LogP contribution in [-0.4, -0.2) is 17.1 Å². The van der Waals surface area contributed by atoms with Gasteiger partial charge in [-0.2, -0.15) is 0 Å². The average molecular weight is 195 g/mol. The van der Waals surface area contributed by atoms with Gasteiger partial charge < -0.3 is 4.74 Å². The lowest BCUT2D eigenvalue weighted by Crippen LogP contribution is -2.25. The Morgan fingerprint density at radius 1 is 1.57 bits per heavy atom. The monoisotopic (exact) mass is 195 g/mol. The largest absolute Gasteiger partial charge is 0.459 e. The van der Waals surface area contributed by atoms with Crippen LogP contribution in [0.25, 0.3) is 0 Å². The van der Waals surface area contributed by atoms with Crippen LogP contribution in [0.1, 0.15) is 29.6 Å². The number of halogens is 1. The van der Waals surface area contributed by atoms with E-state index in [4.69, 9.17) is 4.74 Å². The van der Waals surface area contributed by atoms with E-state index in [0.29, 0.717) is 0 Å². The van der Waals surface area contributed by atoms with Crippen molar-refractivity contribution in [3.8, 4) is 0 Å². The molecule has 0 unspecified atom stereocenters. The minimum Gasteiger partial charge on any atom is -0.459 e. The lowest BCUT2D eigenvalue weighted by molar-refractivity contribution is 0.00852. The van der Waals surface area contributed by atoms with Gasteiger partial charge in [0.15, 0.2) is 5.82 Å². The Bertz CT molecular complexity index is 350. The number of hydrogen-bond acceptors (Lipinski definition) is 3. The van der Waals surface area contributed by atoms with E-state index in [0.717, 1.165) is 25.5 Å². The molecule has 1 fully saturated rings. The molecule has 0 N–H and O–H groups in total. The van der Waals surface area contributed by atoms with Crippen molar-refractivity contribution in [2.75, 3.05) is 0 Å². The number of pyridine rings is 1. The topological polar surface area (TPSA) is 39.2 Å². The molecular formula is C10H10FNO2. The Balaban J connectivity index is 2.06. The highest BCUT2D eigenvalue weighted by Crippen LogP contribution is 2.23. The van der Waals surface area contributed by atoms with Crippen LogP contribution >= 0.6 is 0 Å². The van der Waals surface area contributed by atoms with Gasteiger partial charge >= 0.3 is 5.97 Å². The molecule has 0 aromatic carbocycles. The van der Waals surface area contributed by atoms with E-state index in [1.54, 1.807) is 0 Å². The Morgan fingerprint density at radius 2 is 2.36 bits per heavy atom. The highest BCUT2D eigenvalue weighted by Gasteiger charge is 2.23. The van der Waals surface area contributed by atoms with E-state index < -0.39 is 11.8 Å². The standard InChI is InChI=1S/C10H10FNO2/c11-9-6-12-5-4-8(9)10(13)14-7-2-1-3-7/h4-7H,1-3H2. The van der Waals surface area contributed by atoms with Gasteiger partial charge in [0.1, 0.15) is 6.10 Å². The van der Waals surface area contributed by atoms with Crippen molar-refractivity contribution in [2.45, 2.75) is 25.4 Å². The summed E-state index contributed by atoms with van der Waals surface area (Å²) in [6.07, 6.45) is 5.22. The van der Waals surface area contributed by atoms with Gasteiger partial charge in [-0.15, -0.1) is 0 Å². The molecule has 1 aliphatic rings. The lowest BCUT2D eigenvalue weighted by Gasteiger charge is -2.25. The second kappa shape index (κ2) is 3.74. The van der Waals surface area contributed by atoms with Crippen LogP contribution < -0.4 is 0 Å². The van der Waals surface area contributed by atoms with Crippen LogP contribution in [0.2, 0.25) is 0 Å². The summed E-state index contributed by atoms with van der Waals surface area (Å²) >= 11 is 0. The van der Waals surface area contributed by atoms with E-state index >= 15 is 0 Å². The molecule has 3 nitrogen and oxygen atoms in total. The summed E-state index contributed by atoms with van der Waals surface area (Å²) in [5.41, 5.74) is -0.0353. The number of ether oxygens (including phenoxy) is 1. The molecule has 0 saturated heterocycles. The third kappa shape index (κ3) is 1.73. The maximum atomic E-state index is 13.0. The average Bonchev–Trinajstić information content (AvgIpc) is 2.12. The molecule has 1 aliphatic carbocycles. The Kier molecular flexibility index (Phi) is 2.43. The molecule has 74 valence electrons. The number of nitrogens with zero attached hydrogens (tertiary/aromatic N) is 1. The Hall–Kier alpha value is -1.45. The second-order valence-corrected chi connectivity index (χ2v) is 3.31. The van der Waals surface area contributed by atoms with Gasteiger partial charge in [0.25, 0.3) is 0 Å². The molecule has 0 aliphatic heterocycles. The van der Waals surface area contributed by atoms with Crippen LogP contribution in [0, 0.1) is 5.82 Å². The van der Waals surface area contributed by atoms with E-state index in [1.807, 2.05) is 0 Å². The highest BCUT2D eigenvalue weighted by molar-refractivity contribution is 5.89. The molecule has 0 amide bonds. The smallest absolute Gasteiger partial charge is 0.341 e. The summed E-state index contributed by atoms with van der Waals surface area (Å²) in [7, 11) is 0. The molecule has 0 radical (unpaired) electrons. The molecule has 1 heterocycles. The summed E-state index contributed by atoms with van der Waals surface area (Å²) in [4.78, 5) is 14.9. The Morgan fingerprint density at radius 3 is 2.93 bits per heavy atom. The summed E-state index contributed by atoms with van der Waals surface area (Å²) in [5, 5.41) is 0. The van der Waals surface area contributed by atoms with Gasteiger partial charge in [-0.3, -0.25) is 4.98 Å². The van der Waals surface area contributed by atoms with Crippen molar-refractivity contribution >= 4 is 5.97 Å². The number of hydrogen-bond donors (Lipinski definition) is 0. The molecule has 14 heavy (non-hydrogen) atoms. The lowest BCUT2D eigenvalue weighted by atomic mass is 9.96. The minimum atomic E-state index is -0.628. The third-order valence-electron chi connectivity index (χ3n) is 2.32. The normalized spacial score (nSPS) is 16.1. The van der Waals surface area contributed by atoms with Crippen LogP contribution in [0.5, 0.6) is 0 Å². The van der Waals surface area contributed by atoms with Gasteiger partial charge in [0.05, 0.1) is 11.8 Å². The SMILES string of the molecule is O=C(OC1CCC1)c1ccncc1F. The van der Waals surface area contributed by atoms with Gasteiger partial charge in [0, 0.05) is 6.20 Å². The summed E-state index contributed by atoms with van der Waals surface area (Å²) < 4.78 is 18.1. The molecule has 1 aromatic rings. The number of esters is 1. The van der Waals surface area contributed by atoms with E-state index in [2.05, 4.69) is 4.98 Å². The zero-order valence-corrected chi connectivity index (χ0v) is 7.57. The Labute approximate surface area is 80.9 Å². The summed E-state index contributed by atoms with van der Waals surface area (Å²) in [6, 6.07) is 1.33. The summed E-state index contributed by atoms with van der Waals surface area (Å²) in [5.74, 6) is -1.22. The first-order valence-electron chi connectivity index (χ1n) is 4.58. The summed E-state index contributed by atoms with van der Waals surface area (Å²) in [6.45, 7) is 0. The fourth-order valence-corrected chi connectivity index (χ4v) is 1.24. The molecule has 0 spiro atoms. The fraction of sp³-hybridized carbons (Fsp3) is 0.400. The van der Waals surface area contributed by atoms with Crippen molar-refractivity contribution in [3.63, 3.8) is 0 Å². The molecule has 1 aromatic heterocycles. The highest BCUT2D eigenvalue weighted by atomic mass is 19.1. The minimum absolute atomic E-state index is 0.0185. The first-order valence-corrected chi connectivity index (χ1v) is 4.58. The fourth-order valence-electron chi connectivity index (χ4n) is 1.24. The zero-order valence-electron chi connectivity index (χ0n) is 7.57. The third-order valence-corrected chi connectivity index (χ3v) is 2.32. The molecular weight excluding hydrogens is 185 g/mol. The van der Waals surface area contributed by atoms with Crippen molar-refractivity contribution in [3.05, 3.63) is 29.8 Å². The van der Waals surface area contributed by atoms with Gasteiger partial charge in [-0.25, -0.2) is 9.18 Å². The molecule has 0 bridgehead atoms. The van der Waals surface area contributed by atoms with Crippen molar-refractivity contribution < 1.29 is 13.9 Å². The first-order chi connectivity index (χ1) is 6.77. The maximum Gasteiger partial charge on any atom is 0.341 e. The number of aromatic nitrogens is 1. The van der Waals surface area contributed by atoms with Crippen molar-refractivity contribution in [1.29, 1.82) is 0 Å². The van der Waals surface area contributed by atoms with Crippen molar-refractivity contribution in [1.82, 2.24) is 4.98 Å². The molecule has 2 rings (SSSR count). The van der Waals surface area contributed by atoms with Crippen LogP contribution in [0.4, 0.5) is 4.39 Å². The van der Waals surface area contributed by atoms with E-state index in [9.17, 15) is 9.18 Å². The molecule has 0 atom stereocenters. The van der Waals surface area contributed by atoms with Crippen LogP contribution in [-0.2, 0) is 4.74 Å². The second-order valence-electron chi connectivity index (χ2n) is 3.31. The number of carbonyl (C=O) groups is 1. The van der Waals surface area contributed by atoms with Gasteiger partial charge in [-0.05, 0) is 25.3 Å². The zero-order chi connectivity index (χ0) is 9.97.